The maximum Gasteiger partial charge on any atom is 0.242 e. The predicted octanol–water partition coefficient (Wildman–Crippen LogP) is 2.62. The zero-order chi connectivity index (χ0) is 14.9. The van der Waals surface area contributed by atoms with Gasteiger partial charge in [0.2, 0.25) is 10.0 Å². The molecule has 0 aromatic heterocycles. The lowest BCUT2D eigenvalue weighted by atomic mass is 10.0. The van der Waals surface area contributed by atoms with Crippen LogP contribution in [-0.4, -0.2) is 21.1 Å². The van der Waals surface area contributed by atoms with Gasteiger partial charge in [0.15, 0.2) is 0 Å². The summed E-state index contributed by atoms with van der Waals surface area (Å²) in [5, 5.41) is 0.210. The van der Waals surface area contributed by atoms with Crippen molar-refractivity contribution in [2.75, 3.05) is 6.61 Å². The smallest absolute Gasteiger partial charge is 0.242 e. The van der Waals surface area contributed by atoms with Gasteiger partial charge in [-0.3, -0.25) is 0 Å². The van der Waals surface area contributed by atoms with Crippen LogP contribution in [0.1, 0.15) is 5.56 Å². The van der Waals surface area contributed by atoms with Crippen molar-refractivity contribution in [3.63, 3.8) is 0 Å². The van der Waals surface area contributed by atoms with Gasteiger partial charge < -0.3 is 4.74 Å². The molecule has 2 aromatic carbocycles. The van der Waals surface area contributed by atoms with Crippen molar-refractivity contribution in [2.45, 2.75) is 17.4 Å². The molecule has 6 heteroatoms. The summed E-state index contributed by atoms with van der Waals surface area (Å²) in [4.78, 5) is 0.0884. The molecule has 1 aliphatic heterocycles. The lowest BCUT2D eigenvalue weighted by Gasteiger charge is -2.26. The van der Waals surface area contributed by atoms with Gasteiger partial charge in [-0.05, 0) is 30.2 Å². The molecule has 110 valence electrons. The Morgan fingerprint density at radius 1 is 1.10 bits per heavy atom. The third-order valence-corrected chi connectivity index (χ3v) is 5.35. The fourth-order valence-corrected chi connectivity index (χ4v) is 4.09. The van der Waals surface area contributed by atoms with Gasteiger partial charge in [-0.15, -0.1) is 0 Å². The number of nitrogens with one attached hydrogen (secondary N) is 1. The van der Waals surface area contributed by atoms with E-state index in [1.54, 1.807) is 18.2 Å². The van der Waals surface area contributed by atoms with Crippen molar-refractivity contribution < 1.29 is 13.2 Å². The average Bonchev–Trinajstić information content (AvgIpc) is 2.47. The zero-order valence-corrected chi connectivity index (χ0v) is 12.7. The Bertz CT molecular complexity index is 761. The molecule has 2 aromatic rings. The van der Waals surface area contributed by atoms with Crippen molar-refractivity contribution in [3.05, 3.63) is 59.1 Å². The van der Waals surface area contributed by atoms with E-state index >= 15 is 0 Å². The van der Waals surface area contributed by atoms with E-state index in [9.17, 15) is 8.42 Å². The van der Waals surface area contributed by atoms with Crippen molar-refractivity contribution in [3.8, 4) is 5.75 Å². The number of hydrogen-bond donors (Lipinski definition) is 1. The molecular weight excluding hydrogens is 310 g/mol. The number of hydrogen-bond acceptors (Lipinski definition) is 3. The summed E-state index contributed by atoms with van der Waals surface area (Å²) >= 11 is 5.96. The van der Waals surface area contributed by atoms with Crippen LogP contribution < -0.4 is 9.46 Å². The van der Waals surface area contributed by atoms with Crippen LogP contribution in [0, 0.1) is 0 Å². The number of halogens is 1. The second-order valence-electron chi connectivity index (χ2n) is 4.87. The van der Waals surface area contributed by atoms with E-state index in [0.717, 1.165) is 11.3 Å². The molecule has 0 bridgehead atoms. The minimum atomic E-state index is -3.66. The van der Waals surface area contributed by atoms with Crippen LogP contribution in [0.4, 0.5) is 0 Å². The van der Waals surface area contributed by atoms with Crippen LogP contribution in [0.15, 0.2) is 53.4 Å². The normalized spacial score (nSPS) is 17.9. The van der Waals surface area contributed by atoms with E-state index in [-0.39, 0.29) is 16.0 Å². The number of rotatable bonds is 3. The molecule has 0 saturated carbocycles. The Morgan fingerprint density at radius 2 is 1.81 bits per heavy atom. The average molecular weight is 324 g/mol. The van der Waals surface area contributed by atoms with Gasteiger partial charge in [-0.2, -0.15) is 0 Å². The minimum absolute atomic E-state index is 0.0884. The molecule has 0 aliphatic carbocycles. The van der Waals surface area contributed by atoms with Crippen molar-refractivity contribution >= 4 is 21.6 Å². The second kappa shape index (κ2) is 5.67. The third kappa shape index (κ3) is 3.05. The van der Waals surface area contributed by atoms with E-state index in [4.69, 9.17) is 16.3 Å². The molecule has 0 radical (unpaired) electrons. The first-order valence-corrected chi connectivity index (χ1v) is 8.40. The molecule has 1 aliphatic rings. The fraction of sp³-hybridized carbons (Fsp3) is 0.200. The highest BCUT2D eigenvalue weighted by molar-refractivity contribution is 7.89. The predicted molar refractivity (Wildman–Crippen MR) is 81.2 cm³/mol. The van der Waals surface area contributed by atoms with Gasteiger partial charge >= 0.3 is 0 Å². The van der Waals surface area contributed by atoms with Crippen LogP contribution in [0.25, 0.3) is 0 Å². The SMILES string of the molecule is O=S(=O)(N[C@H]1COc2ccccc2C1)c1ccccc1Cl. The summed E-state index contributed by atoms with van der Waals surface area (Å²) in [5.41, 5.74) is 0.996. The lowest BCUT2D eigenvalue weighted by molar-refractivity contribution is 0.254. The van der Waals surface area contributed by atoms with Crippen LogP contribution in [0.5, 0.6) is 5.75 Å². The number of ether oxygens (including phenoxy) is 1. The molecule has 3 rings (SSSR count). The molecule has 21 heavy (non-hydrogen) atoms. The largest absolute Gasteiger partial charge is 0.492 e. The van der Waals surface area contributed by atoms with Gasteiger partial charge in [0.1, 0.15) is 17.3 Å². The highest BCUT2D eigenvalue weighted by Crippen LogP contribution is 2.26. The van der Waals surface area contributed by atoms with Gasteiger partial charge in [0, 0.05) is 0 Å². The Labute approximate surface area is 128 Å². The van der Waals surface area contributed by atoms with E-state index in [0.29, 0.717) is 13.0 Å². The molecule has 0 spiro atoms. The van der Waals surface area contributed by atoms with Gasteiger partial charge in [0.05, 0.1) is 11.1 Å². The molecule has 1 heterocycles. The van der Waals surface area contributed by atoms with Gasteiger partial charge in [-0.25, -0.2) is 13.1 Å². The van der Waals surface area contributed by atoms with E-state index in [1.807, 2.05) is 24.3 Å². The molecule has 0 fully saturated rings. The zero-order valence-electron chi connectivity index (χ0n) is 11.1. The van der Waals surface area contributed by atoms with Crippen LogP contribution >= 0.6 is 11.6 Å². The summed E-state index contributed by atoms with van der Waals surface area (Å²) in [5.74, 6) is 0.811. The first kappa shape index (κ1) is 14.4. The van der Waals surface area contributed by atoms with Gasteiger partial charge in [0.25, 0.3) is 0 Å². The molecule has 0 saturated heterocycles. The summed E-state index contributed by atoms with van der Waals surface area (Å²) < 4.78 is 33.0. The molecule has 0 unspecified atom stereocenters. The number of benzene rings is 2. The molecule has 1 N–H and O–H groups in total. The van der Waals surface area contributed by atoms with E-state index < -0.39 is 10.0 Å². The third-order valence-electron chi connectivity index (χ3n) is 3.33. The Hall–Kier alpha value is -1.56. The molecule has 1 atom stereocenters. The van der Waals surface area contributed by atoms with E-state index in [2.05, 4.69) is 4.72 Å². The van der Waals surface area contributed by atoms with Crippen LogP contribution in [-0.2, 0) is 16.4 Å². The summed E-state index contributed by atoms with van der Waals surface area (Å²) in [6, 6.07) is 13.7. The fourth-order valence-electron chi connectivity index (χ4n) is 2.35. The van der Waals surface area contributed by atoms with Crippen LogP contribution in [0.3, 0.4) is 0 Å². The minimum Gasteiger partial charge on any atom is -0.492 e. The second-order valence-corrected chi connectivity index (χ2v) is 6.96. The lowest BCUT2D eigenvalue weighted by Crippen LogP contribution is -2.42. The summed E-state index contributed by atoms with van der Waals surface area (Å²) in [6.07, 6.45) is 0.597. The number of para-hydroxylation sites is 1. The summed E-state index contributed by atoms with van der Waals surface area (Å²) in [7, 11) is -3.66. The maximum absolute atomic E-state index is 12.4. The molecule has 4 nitrogen and oxygen atoms in total. The highest BCUT2D eigenvalue weighted by Gasteiger charge is 2.26. The van der Waals surface area contributed by atoms with Crippen molar-refractivity contribution in [1.29, 1.82) is 0 Å². The first-order chi connectivity index (χ1) is 10.1. The van der Waals surface area contributed by atoms with E-state index in [1.165, 1.54) is 6.07 Å². The molecular formula is C15H14ClNO3S. The number of sulfonamides is 1. The Balaban J connectivity index is 1.80. The monoisotopic (exact) mass is 323 g/mol. The van der Waals surface area contributed by atoms with Gasteiger partial charge in [-0.1, -0.05) is 41.9 Å². The molecule has 0 amide bonds. The Kier molecular flexibility index (Phi) is 3.89. The van der Waals surface area contributed by atoms with Crippen LogP contribution in [0.2, 0.25) is 5.02 Å². The maximum atomic E-state index is 12.4. The Morgan fingerprint density at radius 3 is 2.62 bits per heavy atom. The quantitative estimate of drug-likeness (QED) is 0.944. The first-order valence-electron chi connectivity index (χ1n) is 6.54. The summed E-state index contributed by atoms with van der Waals surface area (Å²) in [6.45, 7) is 0.306. The number of fused-ring (bicyclic) bond motifs is 1. The standard InChI is InChI=1S/C15H14ClNO3S/c16-13-6-2-4-8-15(13)21(18,19)17-12-9-11-5-1-3-7-14(11)20-10-12/h1-8,12,17H,9-10H2/t12-/m1/s1. The van der Waals surface area contributed by atoms with Crippen molar-refractivity contribution in [1.82, 2.24) is 4.72 Å². The highest BCUT2D eigenvalue weighted by atomic mass is 35.5. The van der Waals surface area contributed by atoms with Crippen molar-refractivity contribution in [2.24, 2.45) is 0 Å². The topological polar surface area (TPSA) is 55.4 Å².